The summed E-state index contributed by atoms with van der Waals surface area (Å²) in [5, 5.41) is 14.6. The molecule has 2 rings (SSSR count). The Kier molecular flexibility index (Phi) is 16.9. The first-order valence-corrected chi connectivity index (χ1v) is 10.5. The van der Waals surface area contributed by atoms with Gasteiger partial charge in [0.25, 0.3) is 0 Å². The normalized spacial score (nSPS) is 10.8. The summed E-state index contributed by atoms with van der Waals surface area (Å²) < 4.78 is 0. The average Bonchev–Trinajstić information content (AvgIpc) is 3.19. The third kappa shape index (κ3) is 10.7. The molecule has 0 saturated heterocycles. The lowest BCUT2D eigenvalue weighted by atomic mass is 10.4. The Labute approximate surface area is 193 Å². The van der Waals surface area contributed by atoms with Gasteiger partial charge < -0.3 is 20.6 Å². The van der Waals surface area contributed by atoms with Crippen LogP contribution in [0.4, 0.5) is 0 Å². The first-order valence-electron chi connectivity index (χ1n) is 8.29. The molecule has 0 bridgehead atoms. The van der Waals surface area contributed by atoms with E-state index in [4.69, 9.17) is 5.41 Å². The number of nitrogens with zero attached hydrogens (tertiary/aromatic N) is 2. The quantitative estimate of drug-likeness (QED) is 0.198. The van der Waals surface area contributed by atoms with E-state index in [1.54, 1.807) is 12.7 Å². The molecule has 0 amide bonds. The van der Waals surface area contributed by atoms with Crippen LogP contribution in [0, 0.1) is 19.3 Å². The predicted octanol–water partition coefficient (Wildman–Crippen LogP) is 3.68. The van der Waals surface area contributed by atoms with Crippen LogP contribution in [0.2, 0.25) is 0 Å². The van der Waals surface area contributed by atoms with Crippen LogP contribution >= 0.6 is 60.7 Å². The third-order valence-electron chi connectivity index (χ3n) is 3.74. The van der Waals surface area contributed by atoms with Crippen molar-refractivity contribution in [3.05, 3.63) is 35.4 Å². The van der Waals surface area contributed by atoms with Crippen LogP contribution < -0.4 is 10.6 Å². The average molecular weight is 491 g/mol. The third-order valence-corrected chi connectivity index (χ3v) is 5.92. The maximum absolute atomic E-state index is 7.92. The number of aromatic nitrogens is 4. The molecule has 0 saturated carbocycles. The maximum Gasteiger partial charge on any atom is 0.188 e. The molecule has 1 unspecified atom stereocenters. The van der Waals surface area contributed by atoms with Gasteiger partial charge in [0.05, 0.1) is 24.0 Å². The molecule has 0 aliphatic carbocycles. The first kappa shape index (κ1) is 29.5. The summed E-state index contributed by atoms with van der Waals surface area (Å²) in [4.78, 5) is 14.7. The molecule has 1 atom stereocenters. The van der Waals surface area contributed by atoms with E-state index < -0.39 is 0 Å². The number of H-pyrrole nitrogens is 2. The fourth-order valence-electron chi connectivity index (χ4n) is 2.09. The molecule has 0 aromatic carbocycles. The highest BCUT2D eigenvalue weighted by Gasteiger charge is 2.07. The molecule has 0 aliphatic rings. The number of thioether (sulfide) groups is 2. The van der Waals surface area contributed by atoms with Crippen LogP contribution in [-0.4, -0.2) is 50.0 Å². The van der Waals surface area contributed by atoms with Crippen molar-refractivity contribution < 1.29 is 0 Å². The number of guanidine groups is 1. The minimum atomic E-state index is 0. The molecule has 2 heterocycles. The van der Waals surface area contributed by atoms with Crippen molar-refractivity contribution in [1.29, 1.82) is 5.41 Å². The van der Waals surface area contributed by atoms with Gasteiger partial charge in [-0.25, -0.2) is 9.97 Å². The second kappa shape index (κ2) is 16.1. The van der Waals surface area contributed by atoms with Crippen LogP contribution in [0.3, 0.4) is 0 Å². The molecule has 0 radical (unpaired) electrons. The summed E-state index contributed by atoms with van der Waals surface area (Å²) in [6.07, 6.45) is 3.47. The zero-order valence-electron chi connectivity index (χ0n) is 16.2. The minimum Gasteiger partial charge on any atom is -0.356 e. The van der Waals surface area contributed by atoms with Gasteiger partial charge in [-0.3, -0.25) is 5.41 Å². The molecule has 5 N–H and O–H groups in total. The van der Waals surface area contributed by atoms with Crippen LogP contribution in [0.1, 0.15) is 29.7 Å². The summed E-state index contributed by atoms with van der Waals surface area (Å²) in [6, 6.07) is 0. The molecule has 2 aromatic heterocycles. The monoisotopic (exact) mass is 489 g/mol. The van der Waals surface area contributed by atoms with E-state index in [1.807, 2.05) is 37.4 Å². The van der Waals surface area contributed by atoms with E-state index in [1.165, 1.54) is 11.4 Å². The van der Waals surface area contributed by atoms with Crippen molar-refractivity contribution >= 4 is 66.7 Å². The van der Waals surface area contributed by atoms with Crippen molar-refractivity contribution in [1.82, 2.24) is 30.6 Å². The Bertz CT molecular complexity index is 666. The van der Waals surface area contributed by atoms with Gasteiger partial charge in [0.1, 0.15) is 0 Å². The highest BCUT2D eigenvalue weighted by molar-refractivity contribution is 7.99. The maximum atomic E-state index is 7.92. The minimum absolute atomic E-state index is 0. The lowest BCUT2D eigenvalue weighted by molar-refractivity contribution is 0.801. The number of nitrogens with one attached hydrogen (secondary N) is 5. The number of halogens is 3. The Hall–Kier alpha value is -0.740. The van der Waals surface area contributed by atoms with E-state index in [0.717, 1.165) is 41.7 Å². The van der Waals surface area contributed by atoms with Crippen LogP contribution in [0.5, 0.6) is 0 Å². The van der Waals surface area contributed by atoms with E-state index in [-0.39, 0.29) is 37.2 Å². The Morgan fingerprint density at radius 2 is 1.61 bits per heavy atom. The van der Waals surface area contributed by atoms with Gasteiger partial charge in [0.15, 0.2) is 5.96 Å². The molecular formula is C16H30Cl3N7S2. The van der Waals surface area contributed by atoms with Gasteiger partial charge in [0.2, 0.25) is 0 Å². The second-order valence-electron chi connectivity index (χ2n) is 5.79. The van der Waals surface area contributed by atoms with Crippen molar-refractivity contribution in [3.8, 4) is 0 Å². The van der Waals surface area contributed by atoms with E-state index >= 15 is 0 Å². The van der Waals surface area contributed by atoms with Gasteiger partial charge in [0, 0.05) is 47.0 Å². The summed E-state index contributed by atoms with van der Waals surface area (Å²) in [5.41, 5.74) is 4.47. The Morgan fingerprint density at radius 1 is 1.04 bits per heavy atom. The summed E-state index contributed by atoms with van der Waals surface area (Å²) in [5.74, 6) is 3.18. The molecule has 162 valence electrons. The topological polar surface area (TPSA) is 105 Å². The van der Waals surface area contributed by atoms with Crippen molar-refractivity contribution in [2.45, 2.75) is 37.5 Å². The van der Waals surface area contributed by atoms with Crippen LogP contribution in [-0.2, 0) is 11.5 Å². The largest absolute Gasteiger partial charge is 0.356 e. The molecular weight excluding hydrogens is 461 g/mol. The van der Waals surface area contributed by atoms with Crippen LogP contribution in [0.25, 0.3) is 0 Å². The molecule has 0 aliphatic heterocycles. The highest BCUT2D eigenvalue weighted by atomic mass is 35.5. The smallest absolute Gasteiger partial charge is 0.188 e. The number of imidazole rings is 2. The Morgan fingerprint density at radius 3 is 2.14 bits per heavy atom. The lowest BCUT2D eigenvalue weighted by Gasteiger charge is -2.14. The van der Waals surface area contributed by atoms with Crippen molar-refractivity contribution in [3.63, 3.8) is 0 Å². The number of hydrogen-bond donors (Lipinski definition) is 5. The summed E-state index contributed by atoms with van der Waals surface area (Å²) in [7, 11) is 0. The zero-order chi connectivity index (χ0) is 18.1. The Balaban J connectivity index is 0. The summed E-state index contributed by atoms with van der Waals surface area (Å²) >= 11 is 3.68. The molecule has 28 heavy (non-hydrogen) atoms. The van der Waals surface area contributed by atoms with E-state index in [0.29, 0.717) is 11.2 Å². The fourth-order valence-corrected chi connectivity index (χ4v) is 3.92. The molecule has 0 fully saturated rings. The first-order chi connectivity index (χ1) is 12.1. The number of rotatable bonds is 10. The summed E-state index contributed by atoms with van der Waals surface area (Å²) in [6.45, 7) is 7.74. The molecule has 2 aromatic rings. The van der Waals surface area contributed by atoms with Gasteiger partial charge >= 0.3 is 0 Å². The fraction of sp³-hybridized carbons (Fsp3) is 0.562. The van der Waals surface area contributed by atoms with Gasteiger partial charge in [-0.05, 0) is 13.8 Å². The standard InChI is InChI=1S/C16H27N7S2.3ClH/c1-11(25-8-15-13(3)21-10-23-15)6-19-16(17)18-4-5-24-7-14-12(2)20-9-22-14;;;/h9-11H,4-8H2,1-3H3,(H,20,22)(H,21,23)(H3,17,18,19);3*1H. The lowest BCUT2D eigenvalue weighted by Crippen LogP contribution is -2.40. The highest BCUT2D eigenvalue weighted by Crippen LogP contribution is 2.17. The van der Waals surface area contributed by atoms with E-state index in [9.17, 15) is 0 Å². The van der Waals surface area contributed by atoms with E-state index in [2.05, 4.69) is 37.5 Å². The van der Waals surface area contributed by atoms with Gasteiger partial charge in [-0.2, -0.15) is 23.5 Å². The van der Waals surface area contributed by atoms with Crippen molar-refractivity contribution in [2.75, 3.05) is 18.8 Å². The van der Waals surface area contributed by atoms with Crippen LogP contribution in [0.15, 0.2) is 12.7 Å². The van der Waals surface area contributed by atoms with Gasteiger partial charge in [-0.15, -0.1) is 37.2 Å². The molecule has 7 nitrogen and oxygen atoms in total. The SMILES string of the molecule is Cc1nc[nH]c1CSCCNC(=N)NCC(C)SCc1[nH]cnc1C.Cl.Cl.Cl. The van der Waals surface area contributed by atoms with Crippen molar-refractivity contribution in [2.24, 2.45) is 0 Å². The molecule has 0 spiro atoms. The molecule has 12 heteroatoms. The second-order valence-corrected chi connectivity index (χ2v) is 8.32. The van der Waals surface area contributed by atoms with Gasteiger partial charge in [-0.1, -0.05) is 6.92 Å². The number of aromatic amines is 2. The number of hydrogen-bond acceptors (Lipinski definition) is 5. The predicted molar refractivity (Wildman–Crippen MR) is 129 cm³/mol. The number of aryl methyl sites for hydroxylation is 2. The zero-order valence-corrected chi connectivity index (χ0v) is 20.3.